The highest BCUT2D eigenvalue weighted by atomic mass is 127. The summed E-state index contributed by atoms with van der Waals surface area (Å²) in [5.74, 6) is 0.757. The number of benzene rings is 2. The van der Waals surface area contributed by atoms with Crippen molar-refractivity contribution in [1.82, 2.24) is 15.5 Å². The normalized spacial score (nSPS) is 10.8. The van der Waals surface area contributed by atoms with Crippen LogP contribution < -0.4 is 10.6 Å². The molecule has 0 bridgehead atoms. The van der Waals surface area contributed by atoms with Crippen molar-refractivity contribution in [3.63, 3.8) is 0 Å². The predicted octanol–water partition coefficient (Wildman–Crippen LogP) is 3.96. The number of rotatable bonds is 7. The van der Waals surface area contributed by atoms with Crippen molar-refractivity contribution in [2.24, 2.45) is 4.99 Å². The molecule has 7 heteroatoms. The second-order valence-electron chi connectivity index (χ2n) is 6.21. The molecule has 0 fully saturated rings. The molecule has 0 atom stereocenters. The zero-order valence-corrected chi connectivity index (χ0v) is 19.6. The third-order valence-electron chi connectivity index (χ3n) is 4.14. The maximum Gasteiger partial charge on any atom is 0.251 e. The summed E-state index contributed by atoms with van der Waals surface area (Å²) in [6.07, 6.45) is 0.764. The molecule has 0 unspecified atom stereocenters. The van der Waals surface area contributed by atoms with Gasteiger partial charge in [0.2, 0.25) is 0 Å². The number of guanidine groups is 1. The van der Waals surface area contributed by atoms with Gasteiger partial charge in [-0.05, 0) is 42.7 Å². The van der Waals surface area contributed by atoms with Crippen LogP contribution in [0.1, 0.15) is 28.4 Å². The van der Waals surface area contributed by atoms with E-state index in [2.05, 4.69) is 15.5 Å². The standard InChI is InChI=1S/C21H27ClN4O.HI/c1-4-24-21(26(3)15-18-9-5-6-11-19(18)22)25-13-12-16-8-7-10-17(14-16)20(27)23-2;/h5-11,14H,4,12-13,15H2,1-3H3,(H,23,27)(H,24,25);1H. The average Bonchev–Trinajstić information content (AvgIpc) is 2.68. The summed E-state index contributed by atoms with van der Waals surface area (Å²) in [7, 11) is 3.63. The Morgan fingerprint density at radius 2 is 1.93 bits per heavy atom. The molecular formula is C21H28ClIN4O. The lowest BCUT2D eigenvalue weighted by Gasteiger charge is -2.22. The van der Waals surface area contributed by atoms with Gasteiger partial charge >= 0.3 is 0 Å². The van der Waals surface area contributed by atoms with Crippen LogP contribution in [0.15, 0.2) is 53.5 Å². The van der Waals surface area contributed by atoms with Gasteiger partial charge in [0.25, 0.3) is 5.91 Å². The Kier molecular flexibility index (Phi) is 10.9. The molecule has 0 radical (unpaired) electrons. The molecule has 0 aliphatic rings. The molecule has 0 saturated heterocycles. The average molecular weight is 515 g/mol. The highest BCUT2D eigenvalue weighted by molar-refractivity contribution is 14.0. The van der Waals surface area contributed by atoms with E-state index < -0.39 is 0 Å². The first-order chi connectivity index (χ1) is 13.0. The summed E-state index contributed by atoms with van der Waals surface area (Å²) < 4.78 is 0. The van der Waals surface area contributed by atoms with Gasteiger partial charge in [-0.15, -0.1) is 24.0 Å². The third kappa shape index (κ3) is 7.31. The Morgan fingerprint density at radius 1 is 1.18 bits per heavy atom. The van der Waals surface area contributed by atoms with Gasteiger partial charge in [0.1, 0.15) is 0 Å². The number of aliphatic imine (C=N–C) groups is 1. The van der Waals surface area contributed by atoms with Crippen LogP contribution in [0.3, 0.4) is 0 Å². The van der Waals surface area contributed by atoms with Crippen LogP contribution in [0.25, 0.3) is 0 Å². The molecule has 0 aliphatic carbocycles. The Hall–Kier alpha value is -1.80. The molecule has 5 nitrogen and oxygen atoms in total. The molecule has 2 aromatic carbocycles. The van der Waals surface area contributed by atoms with Crippen LogP contribution in [0, 0.1) is 0 Å². The second-order valence-corrected chi connectivity index (χ2v) is 6.62. The molecule has 1 amide bonds. The fourth-order valence-corrected chi connectivity index (χ4v) is 2.93. The zero-order valence-electron chi connectivity index (χ0n) is 16.5. The number of hydrogen-bond acceptors (Lipinski definition) is 2. The second kappa shape index (κ2) is 12.6. The van der Waals surface area contributed by atoms with Gasteiger partial charge in [0.15, 0.2) is 5.96 Å². The Balaban J connectivity index is 0.00000392. The van der Waals surface area contributed by atoms with E-state index in [0.717, 1.165) is 35.1 Å². The van der Waals surface area contributed by atoms with Crippen LogP contribution in [0.2, 0.25) is 5.02 Å². The van der Waals surface area contributed by atoms with E-state index in [1.165, 1.54) is 0 Å². The number of nitrogens with zero attached hydrogens (tertiary/aromatic N) is 2. The first kappa shape index (κ1) is 24.2. The van der Waals surface area contributed by atoms with E-state index in [1.807, 2.05) is 62.5 Å². The van der Waals surface area contributed by atoms with Crippen molar-refractivity contribution in [3.05, 3.63) is 70.2 Å². The number of nitrogens with one attached hydrogen (secondary N) is 2. The number of halogens is 2. The van der Waals surface area contributed by atoms with E-state index in [9.17, 15) is 4.79 Å². The summed E-state index contributed by atoms with van der Waals surface area (Å²) in [4.78, 5) is 18.5. The maximum absolute atomic E-state index is 11.8. The summed E-state index contributed by atoms with van der Waals surface area (Å²) in [6.45, 7) is 4.15. The molecule has 0 spiro atoms. The van der Waals surface area contributed by atoms with Crippen LogP contribution in [-0.2, 0) is 13.0 Å². The minimum atomic E-state index is -0.0758. The van der Waals surface area contributed by atoms with E-state index in [1.54, 1.807) is 7.05 Å². The molecule has 2 rings (SSSR count). The predicted molar refractivity (Wildman–Crippen MR) is 128 cm³/mol. The van der Waals surface area contributed by atoms with Crippen LogP contribution in [0.5, 0.6) is 0 Å². The van der Waals surface area contributed by atoms with Gasteiger partial charge in [-0.3, -0.25) is 9.79 Å². The molecule has 0 saturated carbocycles. The molecule has 28 heavy (non-hydrogen) atoms. The molecule has 2 aromatic rings. The summed E-state index contributed by atoms with van der Waals surface area (Å²) in [6, 6.07) is 15.5. The van der Waals surface area contributed by atoms with Gasteiger partial charge in [-0.25, -0.2) is 0 Å². The fourth-order valence-electron chi connectivity index (χ4n) is 2.73. The minimum absolute atomic E-state index is 0. The fraction of sp³-hybridized carbons (Fsp3) is 0.333. The summed E-state index contributed by atoms with van der Waals surface area (Å²) in [5.41, 5.74) is 2.82. The van der Waals surface area contributed by atoms with E-state index in [4.69, 9.17) is 16.6 Å². The van der Waals surface area contributed by atoms with Crippen molar-refractivity contribution in [3.8, 4) is 0 Å². The first-order valence-electron chi connectivity index (χ1n) is 9.09. The Bertz CT molecular complexity index is 797. The highest BCUT2D eigenvalue weighted by Gasteiger charge is 2.09. The molecule has 0 aromatic heterocycles. The molecular weight excluding hydrogens is 487 g/mol. The third-order valence-corrected chi connectivity index (χ3v) is 4.51. The quantitative estimate of drug-likeness (QED) is 0.334. The van der Waals surface area contributed by atoms with Crippen molar-refractivity contribution in [2.75, 3.05) is 27.2 Å². The molecule has 2 N–H and O–H groups in total. The van der Waals surface area contributed by atoms with Gasteiger partial charge < -0.3 is 15.5 Å². The maximum atomic E-state index is 11.8. The van der Waals surface area contributed by atoms with Gasteiger partial charge in [-0.1, -0.05) is 41.9 Å². The van der Waals surface area contributed by atoms with E-state index >= 15 is 0 Å². The minimum Gasteiger partial charge on any atom is -0.357 e. The van der Waals surface area contributed by atoms with Crippen LogP contribution in [-0.4, -0.2) is 44.0 Å². The van der Waals surface area contributed by atoms with Gasteiger partial charge in [-0.2, -0.15) is 0 Å². The highest BCUT2D eigenvalue weighted by Crippen LogP contribution is 2.16. The monoisotopic (exact) mass is 514 g/mol. The number of carbonyl (C=O) groups is 1. The van der Waals surface area contributed by atoms with Crippen molar-refractivity contribution < 1.29 is 4.79 Å². The van der Waals surface area contributed by atoms with Crippen LogP contribution >= 0.6 is 35.6 Å². The summed E-state index contributed by atoms with van der Waals surface area (Å²) in [5, 5.41) is 6.72. The van der Waals surface area contributed by atoms with Gasteiger partial charge in [0, 0.05) is 44.3 Å². The van der Waals surface area contributed by atoms with Gasteiger partial charge in [0.05, 0.1) is 0 Å². The van der Waals surface area contributed by atoms with E-state index in [-0.39, 0.29) is 29.9 Å². The smallest absolute Gasteiger partial charge is 0.251 e. The lowest BCUT2D eigenvalue weighted by atomic mass is 10.1. The zero-order chi connectivity index (χ0) is 19.6. The van der Waals surface area contributed by atoms with Crippen molar-refractivity contribution in [1.29, 1.82) is 0 Å². The number of carbonyl (C=O) groups excluding carboxylic acids is 1. The van der Waals surface area contributed by atoms with Crippen molar-refractivity contribution in [2.45, 2.75) is 19.9 Å². The lowest BCUT2D eigenvalue weighted by Crippen LogP contribution is -2.38. The van der Waals surface area contributed by atoms with Crippen molar-refractivity contribution >= 4 is 47.4 Å². The Labute approximate surface area is 189 Å². The lowest BCUT2D eigenvalue weighted by molar-refractivity contribution is 0.0963. The molecule has 0 aliphatic heterocycles. The summed E-state index contributed by atoms with van der Waals surface area (Å²) >= 11 is 6.27. The number of hydrogen-bond donors (Lipinski definition) is 2. The molecule has 152 valence electrons. The first-order valence-corrected chi connectivity index (χ1v) is 9.46. The van der Waals surface area contributed by atoms with Crippen LogP contribution in [0.4, 0.5) is 0 Å². The van der Waals surface area contributed by atoms with E-state index in [0.29, 0.717) is 18.7 Å². The molecule has 0 heterocycles. The largest absolute Gasteiger partial charge is 0.357 e. The topological polar surface area (TPSA) is 56.7 Å². The number of amides is 1. The Morgan fingerprint density at radius 3 is 2.61 bits per heavy atom. The SMILES string of the molecule is CCNC(=NCCc1cccc(C(=O)NC)c1)N(C)Cc1ccccc1Cl.I.